The maximum Gasteiger partial charge on any atom is 0.148 e. The lowest BCUT2D eigenvalue weighted by molar-refractivity contribution is -0.122. The molecule has 0 amide bonds. The van der Waals surface area contributed by atoms with Gasteiger partial charge in [-0.2, -0.15) is 0 Å². The Morgan fingerprint density at radius 2 is 2.27 bits per heavy atom. The second kappa shape index (κ2) is 4.06. The second-order valence-electron chi connectivity index (χ2n) is 4.04. The fourth-order valence-corrected chi connectivity index (χ4v) is 2.76. The van der Waals surface area contributed by atoms with Gasteiger partial charge in [-0.1, -0.05) is 34.1 Å². The zero-order chi connectivity index (χ0) is 10.9. The Balaban J connectivity index is 2.31. The Hall–Kier alpha value is -0.670. The van der Waals surface area contributed by atoms with Crippen molar-refractivity contribution in [3.05, 3.63) is 34.3 Å². The molecule has 80 valence electrons. The average molecular weight is 269 g/mol. The highest BCUT2D eigenvalue weighted by Crippen LogP contribution is 2.41. The molecule has 1 aromatic rings. The number of carbonyl (C=O) groups excluding carboxylic acids is 1. The number of ether oxygens (including phenoxy) is 1. The Labute approximate surface area is 97.8 Å². The van der Waals surface area contributed by atoms with Gasteiger partial charge in [0.05, 0.1) is 5.60 Å². The third-order valence-electron chi connectivity index (χ3n) is 2.91. The predicted octanol–water partition coefficient (Wildman–Crippen LogP) is 3.04. The van der Waals surface area contributed by atoms with Gasteiger partial charge in [-0.05, 0) is 31.4 Å². The van der Waals surface area contributed by atoms with Crippen LogP contribution in [0.5, 0.6) is 0 Å². The van der Waals surface area contributed by atoms with Gasteiger partial charge in [0, 0.05) is 4.47 Å². The van der Waals surface area contributed by atoms with Crippen LogP contribution in [0.1, 0.15) is 25.3 Å². The van der Waals surface area contributed by atoms with Crippen LogP contribution in [0.2, 0.25) is 0 Å². The van der Waals surface area contributed by atoms with E-state index in [0.29, 0.717) is 0 Å². The molecule has 1 aromatic carbocycles. The van der Waals surface area contributed by atoms with Crippen LogP contribution < -0.4 is 0 Å². The summed E-state index contributed by atoms with van der Waals surface area (Å²) in [5.74, 6) is 0. The van der Waals surface area contributed by atoms with Gasteiger partial charge in [-0.15, -0.1) is 0 Å². The van der Waals surface area contributed by atoms with Crippen LogP contribution in [0.15, 0.2) is 28.7 Å². The number of carbonyl (C=O) groups is 1. The van der Waals surface area contributed by atoms with Crippen LogP contribution in [-0.2, 0) is 15.1 Å². The standard InChI is InChI=1S/C12H13BrO2/c1-12(7-6-9(8-14)15-12)10-4-2-3-5-11(10)13/h2-5,8-9H,6-7H2,1H3. The van der Waals surface area contributed by atoms with Crippen LogP contribution in [0.4, 0.5) is 0 Å². The van der Waals surface area contributed by atoms with E-state index >= 15 is 0 Å². The molecule has 1 fully saturated rings. The van der Waals surface area contributed by atoms with E-state index in [9.17, 15) is 4.79 Å². The maximum absolute atomic E-state index is 10.7. The molecule has 1 saturated heterocycles. The highest BCUT2D eigenvalue weighted by molar-refractivity contribution is 9.10. The van der Waals surface area contributed by atoms with Gasteiger partial charge in [0.2, 0.25) is 0 Å². The van der Waals surface area contributed by atoms with E-state index in [2.05, 4.69) is 15.9 Å². The molecule has 1 aliphatic heterocycles. The Kier molecular flexibility index (Phi) is 2.94. The molecule has 0 bridgehead atoms. The number of aldehydes is 1. The predicted molar refractivity (Wildman–Crippen MR) is 61.7 cm³/mol. The smallest absolute Gasteiger partial charge is 0.148 e. The van der Waals surface area contributed by atoms with Crippen molar-refractivity contribution in [2.75, 3.05) is 0 Å². The molecule has 0 saturated carbocycles. The lowest BCUT2D eigenvalue weighted by Gasteiger charge is -2.25. The summed E-state index contributed by atoms with van der Waals surface area (Å²) in [7, 11) is 0. The number of rotatable bonds is 2. The molecule has 2 unspecified atom stereocenters. The van der Waals surface area contributed by atoms with Crippen molar-refractivity contribution in [1.82, 2.24) is 0 Å². The third-order valence-corrected chi connectivity index (χ3v) is 3.60. The number of hydrogen-bond acceptors (Lipinski definition) is 2. The topological polar surface area (TPSA) is 26.3 Å². The van der Waals surface area contributed by atoms with E-state index in [4.69, 9.17) is 4.74 Å². The van der Waals surface area contributed by atoms with E-state index < -0.39 is 0 Å². The monoisotopic (exact) mass is 268 g/mol. The van der Waals surface area contributed by atoms with Gasteiger partial charge in [-0.25, -0.2) is 0 Å². The Morgan fingerprint density at radius 3 is 2.87 bits per heavy atom. The first kappa shape index (κ1) is 10.8. The molecule has 15 heavy (non-hydrogen) atoms. The average Bonchev–Trinajstić information content (AvgIpc) is 2.62. The second-order valence-corrected chi connectivity index (χ2v) is 4.90. The van der Waals surface area contributed by atoms with Crippen LogP contribution >= 0.6 is 15.9 Å². The summed E-state index contributed by atoms with van der Waals surface area (Å²) < 4.78 is 6.81. The van der Waals surface area contributed by atoms with Crippen molar-refractivity contribution in [2.45, 2.75) is 31.5 Å². The SMILES string of the molecule is CC1(c2ccccc2Br)CCC(C=O)O1. The zero-order valence-electron chi connectivity index (χ0n) is 8.57. The summed E-state index contributed by atoms with van der Waals surface area (Å²) in [5.41, 5.74) is 0.792. The normalized spacial score (nSPS) is 30.4. The van der Waals surface area contributed by atoms with E-state index in [1.165, 1.54) is 0 Å². The van der Waals surface area contributed by atoms with E-state index in [-0.39, 0.29) is 11.7 Å². The minimum Gasteiger partial charge on any atom is -0.360 e. The number of benzene rings is 1. The molecule has 2 nitrogen and oxygen atoms in total. The largest absolute Gasteiger partial charge is 0.360 e. The van der Waals surface area contributed by atoms with Crippen molar-refractivity contribution < 1.29 is 9.53 Å². The molecule has 0 N–H and O–H groups in total. The van der Waals surface area contributed by atoms with Gasteiger partial charge in [0.15, 0.2) is 0 Å². The molecule has 3 heteroatoms. The minimum atomic E-state index is -0.328. The van der Waals surface area contributed by atoms with Gasteiger partial charge in [-0.3, -0.25) is 0 Å². The minimum absolute atomic E-state index is 0.248. The van der Waals surface area contributed by atoms with E-state index in [1.54, 1.807) is 0 Å². The fourth-order valence-electron chi connectivity index (χ4n) is 2.05. The van der Waals surface area contributed by atoms with Crippen molar-refractivity contribution in [3.8, 4) is 0 Å². The summed E-state index contributed by atoms with van der Waals surface area (Å²) >= 11 is 3.52. The first-order valence-corrected chi connectivity index (χ1v) is 5.83. The first-order valence-electron chi connectivity index (χ1n) is 5.04. The molecular weight excluding hydrogens is 256 g/mol. The molecule has 1 heterocycles. The number of hydrogen-bond donors (Lipinski definition) is 0. The molecule has 0 aliphatic carbocycles. The highest BCUT2D eigenvalue weighted by atomic mass is 79.9. The Bertz CT molecular complexity index is 378. The summed E-state index contributed by atoms with van der Waals surface area (Å²) in [6.45, 7) is 2.04. The quantitative estimate of drug-likeness (QED) is 0.771. The molecule has 0 aromatic heterocycles. The summed E-state index contributed by atoms with van der Waals surface area (Å²) in [6.07, 6.45) is 2.34. The molecule has 0 radical (unpaired) electrons. The Morgan fingerprint density at radius 1 is 1.53 bits per heavy atom. The summed E-state index contributed by atoms with van der Waals surface area (Å²) in [4.78, 5) is 10.7. The van der Waals surface area contributed by atoms with Gasteiger partial charge in [0.1, 0.15) is 12.4 Å². The fraction of sp³-hybridized carbons (Fsp3) is 0.417. The van der Waals surface area contributed by atoms with Crippen LogP contribution in [0.3, 0.4) is 0 Å². The van der Waals surface area contributed by atoms with Crippen molar-refractivity contribution in [2.24, 2.45) is 0 Å². The van der Waals surface area contributed by atoms with Crippen LogP contribution in [0.25, 0.3) is 0 Å². The van der Waals surface area contributed by atoms with Crippen LogP contribution in [0, 0.1) is 0 Å². The van der Waals surface area contributed by atoms with Gasteiger partial charge in [0.25, 0.3) is 0 Å². The van der Waals surface area contributed by atoms with Gasteiger partial charge >= 0.3 is 0 Å². The number of halogens is 1. The summed E-state index contributed by atoms with van der Waals surface area (Å²) in [5, 5.41) is 0. The van der Waals surface area contributed by atoms with Crippen LogP contribution in [-0.4, -0.2) is 12.4 Å². The first-order chi connectivity index (χ1) is 7.15. The molecular formula is C12H13BrO2. The van der Waals surface area contributed by atoms with Gasteiger partial charge < -0.3 is 9.53 Å². The van der Waals surface area contributed by atoms with E-state index in [0.717, 1.165) is 29.2 Å². The zero-order valence-corrected chi connectivity index (χ0v) is 10.2. The van der Waals surface area contributed by atoms with Crippen molar-refractivity contribution >= 4 is 22.2 Å². The lowest BCUT2D eigenvalue weighted by Crippen LogP contribution is -2.23. The molecule has 0 spiro atoms. The maximum atomic E-state index is 10.7. The highest BCUT2D eigenvalue weighted by Gasteiger charge is 2.38. The summed E-state index contributed by atoms with van der Waals surface area (Å²) in [6, 6.07) is 8.00. The molecule has 1 aliphatic rings. The van der Waals surface area contributed by atoms with E-state index in [1.807, 2.05) is 31.2 Å². The third kappa shape index (κ3) is 1.99. The molecule has 2 rings (SSSR count). The molecule has 2 atom stereocenters. The van der Waals surface area contributed by atoms with Crippen molar-refractivity contribution in [1.29, 1.82) is 0 Å². The van der Waals surface area contributed by atoms with Crippen molar-refractivity contribution in [3.63, 3.8) is 0 Å². The lowest BCUT2D eigenvalue weighted by atomic mass is 9.93.